The number of amides is 2. The number of benzene rings is 2. The van der Waals surface area contributed by atoms with Gasteiger partial charge in [0.05, 0.1) is 21.3 Å². The topological polar surface area (TPSA) is 97.6 Å². The molecule has 0 aliphatic rings. The second-order valence-electron chi connectivity index (χ2n) is 7.27. The van der Waals surface area contributed by atoms with Gasteiger partial charge >= 0.3 is 12.5 Å². The summed E-state index contributed by atoms with van der Waals surface area (Å²) < 4.78 is 79.7. The van der Waals surface area contributed by atoms with Gasteiger partial charge in [-0.1, -0.05) is 23.2 Å². The zero-order chi connectivity index (χ0) is 27.5. The third-order valence-corrected chi connectivity index (χ3v) is 5.16. The van der Waals surface area contributed by atoms with Crippen LogP contribution in [0.1, 0.15) is 15.9 Å². The van der Waals surface area contributed by atoms with E-state index in [4.69, 9.17) is 28.9 Å². The molecule has 3 aromatic rings. The number of halogens is 8. The molecule has 0 aliphatic carbocycles. The molecule has 196 valence electrons. The van der Waals surface area contributed by atoms with Crippen LogP contribution < -0.4 is 20.7 Å². The quantitative estimate of drug-likeness (QED) is 0.333. The molecule has 0 saturated heterocycles. The first-order valence-corrected chi connectivity index (χ1v) is 10.6. The summed E-state index contributed by atoms with van der Waals surface area (Å²) >= 11 is 12.3. The monoisotopic (exact) mass is 566 g/mol. The summed E-state index contributed by atoms with van der Waals surface area (Å²) in [4.78, 5) is 29.2. The molecule has 37 heavy (non-hydrogen) atoms. The first-order valence-electron chi connectivity index (χ1n) is 9.89. The molecule has 0 aliphatic heterocycles. The summed E-state index contributed by atoms with van der Waals surface area (Å²) in [7, 11) is 0. The fraction of sp³-hybridized carbons (Fsp3) is 0.136. The number of hydrogen-bond donors (Lipinski definition) is 2. The number of pyridine rings is 1. The molecule has 3 rings (SSSR count). The van der Waals surface area contributed by atoms with Crippen LogP contribution in [-0.2, 0) is 11.0 Å². The molecule has 1 heterocycles. The smallest absolute Gasteiger partial charge is 0.406 e. The summed E-state index contributed by atoms with van der Waals surface area (Å²) in [6.07, 6.45) is -9.10. The van der Waals surface area contributed by atoms with E-state index in [2.05, 4.69) is 15.0 Å². The van der Waals surface area contributed by atoms with Crippen LogP contribution >= 0.6 is 23.2 Å². The minimum atomic E-state index is -4.88. The van der Waals surface area contributed by atoms with E-state index in [-0.39, 0.29) is 27.8 Å². The Hall–Kier alpha value is -3.71. The lowest BCUT2D eigenvalue weighted by molar-refractivity contribution is -0.274. The SMILES string of the molecule is NC(=O)CN(c1cc(C(=O)Nc2ccc(OC(F)(F)F)cc2)ccc1Cl)c1ncc(C(F)(F)F)cc1Cl. The number of nitrogens with zero attached hydrogens (tertiary/aromatic N) is 2. The second-order valence-corrected chi connectivity index (χ2v) is 8.09. The molecular formula is C22H14Cl2F6N4O3. The lowest BCUT2D eigenvalue weighted by atomic mass is 10.1. The maximum atomic E-state index is 13.0. The Bertz CT molecular complexity index is 1320. The van der Waals surface area contributed by atoms with Gasteiger partial charge in [0.25, 0.3) is 5.91 Å². The number of anilines is 3. The first kappa shape index (κ1) is 27.9. The lowest BCUT2D eigenvalue weighted by Crippen LogP contribution is -2.31. The van der Waals surface area contributed by atoms with E-state index in [1.54, 1.807) is 0 Å². The number of nitrogens with one attached hydrogen (secondary N) is 1. The van der Waals surface area contributed by atoms with Crippen LogP contribution in [0, 0.1) is 0 Å². The maximum Gasteiger partial charge on any atom is 0.573 e. The first-order chi connectivity index (χ1) is 17.1. The standard InChI is InChI=1S/C22H14Cl2F6N4O3/c23-15-6-1-11(20(36)33-13-2-4-14(5-3-13)37-22(28,29)30)7-17(15)34(10-18(31)35)19-16(24)8-12(9-32-19)21(25,26)27/h1-9H,10H2,(H2,31,35)(H,33,36). The minimum Gasteiger partial charge on any atom is -0.406 e. The van der Waals surface area contributed by atoms with Crippen molar-refractivity contribution in [1.82, 2.24) is 4.98 Å². The molecule has 2 amide bonds. The predicted octanol–water partition coefficient (Wildman–Crippen LogP) is 6.18. The second kappa shape index (κ2) is 10.7. The van der Waals surface area contributed by atoms with Crippen molar-refractivity contribution in [2.75, 3.05) is 16.8 Å². The Morgan fingerprint density at radius 3 is 2.16 bits per heavy atom. The Kier molecular flexibility index (Phi) is 8.08. The number of carbonyl (C=O) groups is 2. The third-order valence-electron chi connectivity index (χ3n) is 4.56. The van der Waals surface area contributed by atoms with Crippen molar-refractivity contribution >= 4 is 52.2 Å². The zero-order valence-electron chi connectivity index (χ0n) is 18.1. The third kappa shape index (κ3) is 7.40. The summed E-state index contributed by atoms with van der Waals surface area (Å²) in [6, 6.07) is 8.70. The molecule has 3 N–H and O–H groups in total. The highest BCUT2D eigenvalue weighted by molar-refractivity contribution is 6.35. The van der Waals surface area contributed by atoms with E-state index in [1.807, 2.05) is 0 Å². The molecule has 7 nitrogen and oxygen atoms in total. The Morgan fingerprint density at radius 1 is 0.973 bits per heavy atom. The van der Waals surface area contributed by atoms with Crippen molar-refractivity contribution in [3.63, 3.8) is 0 Å². The number of carbonyl (C=O) groups excluding carboxylic acids is 2. The number of rotatable bonds is 7. The van der Waals surface area contributed by atoms with Gasteiger partial charge in [-0.05, 0) is 48.5 Å². The maximum absolute atomic E-state index is 13.0. The molecule has 0 fully saturated rings. The largest absolute Gasteiger partial charge is 0.573 e. The van der Waals surface area contributed by atoms with Gasteiger partial charge in [-0.15, -0.1) is 13.2 Å². The summed E-state index contributed by atoms with van der Waals surface area (Å²) in [5.74, 6) is -2.42. The highest BCUT2D eigenvalue weighted by atomic mass is 35.5. The molecule has 1 aromatic heterocycles. The molecular weight excluding hydrogens is 553 g/mol. The molecule has 0 atom stereocenters. The van der Waals surface area contributed by atoms with Crippen LogP contribution in [-0.4, -0.2) is 29.7 Å². The highest BCUT2D eigenvalue weighted by Crippen LogP contribution is 2.38. The number of ether oxygens (including phenoxy) is 1. The molecule has 0 saturated carbocycles. The van der Waals surface area contributed by atoms with Crippen molar-refractivity contribution in [1.29, 1.82) is 0 Å². The average molecular weight is 567 g/mol. The van der Waals surface area contributed by atoms with Gasteiger partial charge in [0.1, 0.15) is 12.3 Å². The van der Waals surface area contributed by atoms with Crippen LogP contribution in [0.3, 0.4) is 0 Å². The molecule has 0 bridgehead atoms. The molecule has 0 radical (unpaired) electrons. The minimum absolute atomic E-state index is 0.0239. The fourth-order valence-electron chi connectivity index (χ4n) is 3.02. The van der Waals surface area contributed by atoms with Crippen LogP contribution in [0.4, 0.5) is 43.5 Å². The lowest BCUT2D eigenvalue weighted by Gasteiger charge is -2.25. The number of alkyl halides is 6. The number of aromatic nitrogens is 1. The van der Waals surface area contributed by atoms with E-state index in [9.17, 15) is 35.9 Å². The Balaban J connectivity index is 1.92. The Morgan fingerprint density at radius 2 is 1.62 bits per heavy atom. The summed E-state index contributed by atoms with van der Waals surface area (Å²) in [6.45, 7) is -0.608. The van der Waals surface area contributed by atoms with Crippen molar-refractivity contribution in [2.45, 2.75) is 12.5 Å². The van der Waals surface area contributed by atoms with E-state index < -0.39 is 47.2 Å². The van der Waals surface area contributed by atoms with Gasteiger partial charge in [0.2, 0.25) is 5.91 Å². The van der Waals surface area contributed by atoms with Gasteiger partial charge in [-0.2, -0.15) is 13.2 Å². The number of hydrogen-bond acceptors (Lipinski definition) is 5. The van der Waals surface area contributed by atoms with Crippen LogP contribution in [0.2, 0.25) is 10.0 Å². The van der Waals surface area contributed by atoms with Gasteiger partial charge < -0.3 is 20.7 Å². The normalized spacial score (nSPS) is 11.7. The molecule has 2 aromatic carbocycles. The summed E-state index contributed by atoms with van der Waals surface area (Å²) in [5, 5.41) is 1.96. The predicted molar refractivity (Wildman–Crippen MR) is 123 cm³/mol. The van der Waals surface area contributed by atoms with Crippen molar-refractivity contribution in [3.05, 3.63) is 75.9 Å². The zero-order valence-corrected chi connectivity index (χ0v) is 19.6. The Labute approximate surface area is 214 Å². The average Bonchev–Trinajstić information content (AvgIpc) is 2.77. The number of primary amides is 1. The van der Waals surface area contributed by atoms with Gasteiger partial charge in [0.15, 0.2) is 5.82 Å². The fourth-order valence-corrected chi connectivity index (χ4v) is 3.51. The molecule has 0 spiro atoms. The highest BCUT2D eigenvalue weighted by Gasteiger charge is 2.33. The van der Waals surface area contributed by atoms with Crippen molar-refractivity contribution in [2.24, 2.45) is 5.73 Å². The van der Waals surface area contributed by atoms with E-state index in [0.29, 0.717) is 12.3 Å². The molecule has 0 unspecified atom stereocenters. The van der Waals surface area contributed by atoms with Crippen molar-refractivity contribution in [3.8, 4) is 5.75 Å². The van der Waals surface area contributed by atoms with E-state index in [0.717, 1.165) is 17.0 Å². The van der Waals surface area contributed by atoms with Gasteiger partial charge in [-0.25, -0.2) is 4.98 Å². The summed E-state index contributed by atoms with van der Waals surface area (Å²) in [5.41, 5.74) is 4.21. The van der Waals surface area contributed by atoms with Crippen LogP contribution in [0.15, 0.2) is 54.7 Å². The van der Waals surface area contributed by atoms with Crippen molar-refractivity contribution < 1.29 is 40.7 Å². The van der Waals surface area contributed by atoms with Gasteiger partial charge in [0, 0.05) is 17.4 Å². The molecule has 15 heteroatoms. The van der Waals surface area contributed by atoms with Gasteiger partial charge in [-0.3, -0.25) is 9.59 Å². The van der Waals surface area contributed by atoms with E-state index >= 15 is 0 Å². The van der Waals surface area contributed by atoms with Crippen LogP contribution in [0.25, 0.3) is 0 Å². The van der Waals surface area contributed by atoms with E-state index in [1.165, 1.54) is 30.3 Å². The number of nitrogens with two attached hydrogens (primary N) is 1. The van der Waals surface area contributed by atoms with Crippen LogP contribution in [0.5, 0.6) is 5.75 Å².